The van der Waals surface area contributed by atoms with Gasteiger partial charge in [-0.1, -0.05) is 12.1 Å². The molecule has 2 atom stereocenters. The van der Waals surface area contributed by atoms with Crippen molar-refractivity contribution in [3.63, 3.8) is 0 Å². The molecule has 1 aromatic carbocycles. The van der Waals surface area contributed by atoms with Crippen molar-refractivity contribution in [2.75, 3.05) is 19.3 Å². The molecule has 3 aliphatic heterocycles. The van der Waals surface area contributed by atoms with E-state index in [0.29, 0.717) is 18.5 Å². The molecule has 6 heteroatoms. The van der Waals surface area contributed by atoms with E-state index in [-0.39, 0.29) is 5.92 Å². The summed E-state index contributed by atoms with van der Waals surface area (Å²) in [7, 11) is 0. The summed E-state index contributed by atoms with van der Waals surface area (Å²) >= 11 is 3.37. The molecular weight excluding hydrogens is 350 g/mol. The fourth-order valence-electron chi connectivity index (χ4n) is 3.95. The third-order valence-electron chi connectivity index (χ3n) is 5.25. The number of carbonyl (C=O) groups is 1. The van der Waals surface area contributed by atoms with Crippen LogP contribution in [0, 0.1) is 5.92 Å². The standard InChI is InChI=1S/C19H23N3OS2/c1-24-18-6-2-14(3-7-18)8-21-9-15-4-5-17(11-21)22(19(15)23)10-16-12-25-13-20-16/h2-3,6-7,12-13,15,17H,4-5,8-11H2,1H3/t15-,17+/m0/s1. The molecule has 25 heavy (non-hydrogen) atoms. The third-order valence-corrected chi connectivity index (χ3v) is 6.63. The van der Waals surface area contributed by atoms with E-state index in [2.05, 4.69) is 50.7 Å². The van der Waals surface area contributed by atoms with Gasteiger partial charge in [0, 0.05) is 36.0 Å². The van der Waals surface area contributed by atoms with Gasteiger partial charge in [-0.2, -0.15) is 0 Å². The number of piperidine rings is 1. The van der Waals surface area contributed by atoms with Crippen LogP contribution >= 0.6 is 23.1 Å². The second kappa shape index (κ2) is 7.48. The van der Waals surface area contributed by atoms with Crippen LogP contribution in [0.4, 0.5) is 0 Å². The van der Waals surface area contributed by atoms with Crippen LogP contribution in [0.2, 0.25) is 0 Å². The van der Waals surface area contributed by atoms with Crippen LogP contribution in [0.25, 0.3) is 0 Å². The zero-order valence-corrected chi connectivity index (χ0v) is 16.1. The lowest BCUT2D eigenvalue weighted by Crippen LogP contribution is -2.47. The maximum atomic E-state index is 12.9. The second-order valence-electron chi connectivity index (χ2n) is 6.92. The van der Waals surface area contributed by atoms with Gasteiger partial charge in [0.1, 0.15) is 0 Å². The summed E-state index contributed by atoms with van der Waals surface area (Å²) in [6, 6.07) is 9.12. The lowest BCUT2D eigenvalue weighted by Gasteiger charge is -2.35. The Kier molecular flexibility index (Phi) is 5.10. The number of thioether (sulfide) groups is 1. The number of nitrogens with zero attached hydrogens (tertiary/aromatic N) is 3. The number of rotatable bonds is 5. The maximum Gasteiger partial charge on any atom is 0.227 e. The zero-order chi connectivity index (χ0) is 17.2. The largest absolute Gasteiger partial charge is 0.332 e. The van der Waals surface area contributed by atoms with Crippen LogP contribution < -0.4 is 0 Å². The summed E-state index contributed by atoms with van der Waals surface area (Å²) in [4.78, 5) is 23.1. The Bertz CT molecular complexity index is 717. The lowest BCUT2D eigenvalue weighted by atomic mass is 9.94. The van der Waals surface area contributed by atoms with E-state index in [1.165, 1.54) is 10.5 Å². The topological polar surface area (TPSA) is 36.4 Å². The summed E-state index contributed by atoms with van der Waals surface area (Å²) in [5.74, 6) is 0.465. The maximum absolute atomic E-state index is 12.9. The summed E-state index contributed by atoms with van der Waals surface area (Å²) < 4.78 is 0. The van der Waals surface area contributed by atoms with Crippen molar-refractivity contribution in [2.45, 2.75) is 36.9 Å². The fraction of sp³-hybridized carbons (Fsp3) is 0.474. The van der Waals surface area contributed by atoms with Crippen molar-refractivity contribution in [2.24, 2.45) is 5.92 Å². The minimum absolute atomic E-state index is 0.142. The molecule has 0 unspecified atom stereocenters. The second-order valence-corrected chi connectivity index (χ2v) is 8.51. The highest BCUT2D eigenvalue weighted by Gasteiger charge is 2.40. The fourth-order valence-corrected chi connectivity index (χ4v) is 4.90. The minimum atomic E-state index is 0.142. The van der Waals surface area contributed by atoms with E-state index in [9.17, 15) is 4.79 Å². The van der Waals surface area contributed by atoms with Gasteiger partial charge in [-0.3, -0.25) is 9.69 Å². The number of aromatic nitrogens is 1. The third kappa shape index (κ3) is 3.76. The van der Waals surface area contributed by atoms with Crippen LogP contribution in [0.5, 0.6) is 0 Å². The first kappa shape index (κ1) is 17.1. The Morgan fingerprint density at radius 2 is 2.04 bits per heavy atom. The number of hydrogen-bond donors (Lipinski definition) is 0. The van der Waals surface area contributed by atoms with E-state index in [4.69, 9.17) is 0 Å². The molecule has 3 saturated heterocycles. The number of hydrogen-bond acceptors (Lipinski definition) is 5. The monoisotopic (exact) mass is 373 g/mol. The van der Waals surface area contributed by atoms with Crippen molar-refractivity contribution in [1.82, 2.24) is 14.8 Å². The molecular formula is C19H23N3OS2. The van der Waals surface area contributed by atoms with E-state index in [1.807, 2.05) is 5.51 Å². The van der Waals surface area contributed by atoms with Gasteiger partial charge in [0.25, 0.3) is 0 Å². The molecule has 2 bridgehead atoms. The van der Waals surface area contributed by atoms with E-state index < -0.39 is 0 Å². The van der Waals surface area contributed by atoms with E-state index in [0.717, 1.165) is 38.2 Å². The van der Waals surface area contributed by atoms with Gasteiger partial charge >= 0.3 is 0 Å². The highest BCUT2D eigenvalue weighted by atomic mass is 32.2. The van der Waals surface area contributed by atoms with E-state index >= 15 is 0 Å². The SMILES string of the molecule is CSc1ccc(CN2C[C@@H]3CC[C@H](C2)N(Cc2cscn2)C3=O)cc1. The van der Waals surface area contributed by atoms with Crippen LogP contribution in [0.15, 0.2) is 40.1 Å². The Hall–Kier alpha value is -1.37. The van der Waals surface area contributed by atoms with Crippen LogP contribution in [0.1, 0.15) is 24.1 Å². The molecule has 4 nitrogen and oxygen atoms in total. The lowest BCUT2D eigenvalue weighted by molar-refractivity contribution is -0.140. The van der Waals surface area contributed by atoms with Gasteiger partial charge in [0.15, 0.2) is 0 Å². The molecule has 1 aromatic heterocycles. The highest BCUT2D eigenvalue weighted by molar-refractivity contribution is 7.98. The summed E-state index contributed by atoms with van der Waals surface area (Å²) in [6.07, 6.45) is 4.24. The summed E-state index contributed by atoms with van der Waals surface area (Å²) in [5, 5.41) is 2.05. The van der Waals surface area contributed by atoms with Crippen molar-refractivity contribution >= 4 is 29.0 Å². The number of benzene rings is 1. The summed E-state index contributed by atoms with van der Waals surface area (Å²) in [6.45, 7) is 3.45. The predicted octanol–water partition coefficient (Wildman–Crippen LogP) is 3.49. The predicted molar refractivity (Wildman–Crippen MR) is 103 cm³/mol. The van der Waals surface area contributed by atoms with Crippen LogP contribution in [0.3, 0.4) is 0 Å². The molecule has 2 aromatic rings. The van der Waals surface area contributed by atoms with Gasteiger partial charge < -0.3 is 4.90 Å². The van der Waals surface area contributed by atoms with E-state index in [1.54, 1.807) is 23.1 Å². The van der Waals surface area contributed by atoms with Crippen molar-refractivity contribution < 1.29 is 4.79 Å². The van der Waals surface area contributed by atoms with Gasteiger partial charge in [0.2, 0.25) is 5.91 Å². The Morgan fingerprint density at radius 1 is 1.20 bits per heavy atom. The molecule has 4 heterocycles. The Balaban J connectivity index is 1.47. The molecule has 132 valence electrons. The first-order valence-electron chi connectivity index (χ1n) is 8.76. The van der Waals surface area contributed by atoms with Crippen LogP contribution in [-0.2, 0) is 17.9 Å². The Morgan fingerprint density at radius 3 is 2.76 bits per heavy atom. The smallest absolute Gasteiger partial charge is 0.227 e. The van der Waals surface area contributed by atoms with Gasteiger partial charge in [-0.05, 0) is 36.8 Å². The van der Waals surface area contributed by atoms with Gasteiger partial charge in [0.05, 0.1) is 23.7 Å². The first-order chi connectivity index (χ1) is 12.2. The molecule has 3 fully saturated rings. The number of fused-ring (bicyclic) bond motifs is 4. The molecule has 0 radical (unpaired) electrons. The number of amides is 1. The van der Waals surface area contributed by atoms with Crippen molar-refractivity contribution in [1.29, 1.82) is 0 Å². The minimum Gasteiger partial charge on any atom is -0.332 e. The molecule has 1 amide bonds. The first-order valence-corrected chi connectivity index (χ1v) is 10.9. The molecule has 5 rings (SSSR count). The average Bonchev–Trinajstić information content (AvgIpc) is 3.01. The van der Waals surface area contributed by atoms with Gasteiger partial charge in [-0.15, -0.1) is 23.1 Å². The molecule has 3 aliphatic rings. The average molecular weight is 374 g/mol. The Labute approximate surface area is 157 Å². The number of thiazole rings is 1. The molecule has 0 saturated carbocycles. The van der Waals surface area contributed by atoms with Gasteiger partial charge in [-0.25, -0.2) is 4.98 Å². The normalized spacial score (nSPS) is 23.9. The molecule has 0 aliphatic carbocycles. The summed E-state index contributed by atoms with van der Waals surface area (Å²) in [5.41, 5.74) is 4.20. The van der Waals surface area contributed by atoms with Crippen molar-refractivity contribution in [3.8, 4) is 0 Å². The molecule has 0 spiro atoms. The number of carbonyl (C=O) groups excluding carboxylic acids is 1. The van der Waals surface area contributed by atoms with Crippen LogP contribution in [-0.4, -0.2) is 46.1 Å². The quantitative estimate of drug-likeness (QED) is 0.752. The highest BCUT2D eigenvalue weighted by Crippen LogP contribution is 2.31. The van der Waals surface area contributed by atoms with Crippen molar-refractivity contribution in [3.05, 3.63) is 46.4 Å². The molecule has 0 N–H and O–H groups in total. The zero-order valence-electron chi connectivity index (χ0n) is 14.4.